The Morgan fingerprint density at radius 2 is 1.82 bits per heavy atom. The fourth-order valence-corrected chi connectivity index (χ4v) is 3.20. The van der Waals surface area contributed by atoms with Gasteiger partial charge in [0.05, 0.1) is 0 Å². The van der Waals surface area contributed by atoms with Crippen molar-refractivity contribution in [1.29, 1.82) is 0 Å². The van der Waals surface area contributed by atoms with Crippen LogP contribution in [0.15, 0.2) is 6.07 Å². The summed E-state index contributed by atoms with van der Waals surface area (Å²) in [4.78, 5) is 18.2. The Morgan fingerprint density at radius 1 is 1.09 bits per heavy atom. The number of aryl methyl sites for hydroxylation is 2. The van der Waals surface area contributed by atoms with E-state index in [1.807, 2.05) is 19.9 Å². The molecule has 0 radical (unpaired) electrons. The number of piperazine rings is 1. The molecule has 2 aromatic heterocycles. The third-order valence-corrected chi connectivity index (χ3v) is 4.42. The summed E-state index contributed by atoms with van der Waals surface area (Å²) in [6, 6.07) is 1.98. The van der Waals surface area contributed by atoms with Gasteiger partial charge in [0.2, 0.25) is 11.1 Å². The molecule has 0 aliphatic carbocycles. The predicted molar refractivity (Wildman–Crippen MR) is 90.0 cm³/mol. The first-order valence-corrected chi connectivity index (χ1v) is 8.33. The van der Waals surface area contributed by atoms with Gasteiger partial charge in [-0.25, -0.2) is 9.97 Å². The number of aromatic nitrogens is 4. The van der Waals surface area contributed by atoms with Crippen molar-refractivity contribution in [2.24, 2.45) is 0 Å². The van der Waals surface area contributed by atoms with Crippen LogP contribution in [0.3, 0.4) is 0 Å². The Hall–Kier alpha value is -1.96. The number of hydrogen-bond donors (Lipinski definition) is 1. The van der Waals surface area contributed by atoms with Crippen molar-refractivity contribution < 1.29 is 0 Å². The number of nitrogens with one attached hydrogen (secondary N) is 1. The van der Waals surface area contributed by atoms with Crippen LogP contribution in [0.4, 0.5) is 16.9 Å². The zero-order valence-electron chi connectivity index (χ0n) is 13.2. The Morgan fingerprint density at radius 3 is 2.45 bits per heavy atom. The molecule has 8 heteroatoms. The molecule has 1 fully saturated rings. The predicted octanol–water partition coefficient (Wildman–Crippen LogP) is 1.70. The van der Waals surface area contributed by atoms with Crippen LogP contribution < -0.4 is 15.1 Å². The van der Waals surface area contributed by atoms with Gasteiger partial charge in [-0.15, -0.1) is 0 Å². The molecule has 118 valence electrons. The van der Waals surface area contributed by atoms with Gasteiger partial charge >= 0.3 is 0 Å². The lowest BCUT2D eigenvalue weighted by atomic mass is 10.3. The Labute approximate surface area is 134 Å². The van der Waals surface area contributed by atoms with Crippen molar-refractivity contribution in [3.05, 3.63) is 17.6 Å². The highest BCUT2D eigenvalue weighted by atomic mass is 32.1. The molecule has 7 nitrogen and oxygen atoms in total. The third-order valence-electron chi connectivity index (χ3n) is 3.55. The minimum Gasteiger partial charge on any atom is -0.370 e. The van der Waals surface area contributed by atoms with Crippen LogP contribution in [-0.4, -0.2) is 52.0 Å². The minimum absolute atomic E-state index is 0.809. The fourth-order valence-electron chi connectivity index (χ4n) is 2.48. The van der Waals surface area contributed by atoms with E-state index < -0.39 is 0 Å². The van der Waals surface area contributed by atoms with Crippen LogP contribution in [0, 0.1) is 13.8 Å². The summed E-state index contributed by atoms with van der Waals surface area (Å²) in [5.74, 6) is 2.55. The monoisotopic (exact) mass is 319 g/mol. The number of nitrogens with zero attached hydrogens (tertiary/aromatic N) is 6. The molecule has 0 bridgehead atoms. The van der Waals surface area contributed by atoms with Crippen molar-refractivity contribution in [1.82, 2.24) is 19.3 Å². The van der Waals surface area contributed by atoms with E-state index in [1.165, 1.54) is 11.5 Å². The van der Waals surface area contributed by atoms with Crippen molar-refractivity contribution in [3.8, 4) is 0 Å². The highest BCUT2D eigenvalue weighted by Crippen LogP contribution is 2.21. The SMILES string of the molecule is CCNc1cc(C)nc(N2CCN(c3nc(C)ns3)CC2)n1. The van der Waals surface area contributed by atoms with Crippen molar-refractivity contribution >= 4 is 28.4 Å². The first kappa shape index (κ1) is 15.0. The zero-order chi connectivity index (χ0) is 15.5. The van der Waals surface area contributed by atoms with Gasteiger partial charge in [-0.1, -0.05) is 0 Å². The summed E-state index contributed by atoms with van der Waals surface area (Å²) >= 11 is 1.47. The molecule has 3 heterocycles. The standard InChI is InChI=1S/C14H21N7S/c1-4-15-12-9-10(2)16-13(18-12)20-5-7-21(8-6-20)14-17-11(3)19-22-14/h9H,4-8H2,1-3H3,(H,15,16,18). The van der Waals surface area contributed by atoms with Gasteiger partial charge in [-0.05, 0) is 20.8 Å². The van der Waals surface area contributed by atoms with E-state index in [0.29, 0.717) is 0 Å². The molecule has 0 spiro atoms. The van der Waals surface area contributed by atoms with Gasteiger partial charge in [0.15, 0.2) is 0 Å². The van der Waals surface area contributed by atoms with Gasteiger partial charge in [0.1, 0.15) is 11.6 Å². The molecule has 22 heavy (non-hydrogen) atoms. The van der Waals surface area contributed by atoms with E-state index in [9.17, 15) is 0 Å². The lowest BCUT2D eigenvalue weighted by molar-refractivity contribution is 0.637. The summed E-state index contributed by atoms with van der Waals surface area (Å²) in [6.45, 7) is 10.5. The second-order valence-corrected chi connectivity index (χ2v) is 6.05. The van der Waals surface area contributed by atoms with Gasteiger partial charge in [-0.3, -0.25) is 0 Å². The van der Waals surface area contributed by atoms with Crippen molar-refractivity contribution in [3.63, 3.8) is 0 Å². The van der Waals surface area contributed by atoms with Gasteiger partial charge < -0.3 is 15.1 Å². The van der Waals surface area contributed by atoms with E-state index >= 15 is 0 Å². The van der Waals surface area contributed by atoms with Gasteiger partial charge in [0, 0.05) is 56.0 Å². The first-order chi connectivity index (χ1) is 10.7. The topological polar surface area (TPSA) is 70.1 Å². The number of hydrogen-bond acceptors (Lipinski definition) is 8. The quantitative estimate of drug-likeness (QED) is 0.919. The van der Waals surface area contributed by atoms with E-state index in [0.717, 1.165) is 61.1 Å². The molecular weight excluding hydrogens is 298 g/mol. The summed E-state index contributed by atoms with van der Waals surface area (Å²) in [5.41, 5.74) is 0.989. The maximum atomic E-state index is 4.61. The van der Waals surface area contributed by atoms with Crippen molar-refractivity contribution in [2.45, 2.75) is 20.8 Å². The van der Waals surface area contributed by atoms with Crippen molar-refractivity contribution in [2.75, 3.05) is 47.8 Å². The maximum absolute atomic E-state index is 4.61. The molecule has 0 saturated carbocycles. The average Bonchev–Trinajstić information content (AvgIpc) is 2.94. The molecule has 0 aromatic carbocycles. The molecule has 2 aromatic rings. The largest absolute Gasteiger partial charge is 0.370 e. The molecule has 1 aliphatic rings. The summed E-state index contributed by atoms with van der Waals surface area (Å²) < 4.78 is 4.25. The van der Waals surface area contributed by atoms with Crippen LogP contribution in [0.1, 0.15) is 18.4 Å². The Balaban J connectivity index is 1.68. The van der Waals surface area contributed by atoms with Gasteiger partial charge in [0.25, 0.3) is 0 Å². The Bertz CT molecular complexity index is 634. The molecule has 0 unspecified atom stereocenters. The summed E-state index contributed by atoms with van der Waals surface area (Å²) in [7, 11) is 0. The lowest BCUT2D eigenvalue weighted by Crippen LogP contribution is -2.47. The lowest BCUT2D eigenvalue weighted by Gasteiger charge is -2.34. The second kappa shape index (κ2) is 6.43. The molecule has 1 saturated heterocycles. The molecule has 1 N–H and O–H groups in total. The summed E-state index contributed by atoms with van der Waals surface area (Å²) in [6.07, 6.45) is 0. The Kier molecular flexibility index (Phi) is 4.37. The average molecular weight is 319 g/mol. The van der Waals surface area contributed by atoms with Crippen LogP contribution in [0.25, 0.3) is 0 Å². The van der Waals surface area contributed by atoms with Crippen LogP contribution >= 0.6 is 11.5 Å². The van der Waals surface area contributed by atoms with E-state index in [2.05, 4.69) is 41.4 Å². The molecule has 0 atom stereocenters. The number of rotatable bonds is 4. The zero-order valence-corrected chi connectivity index (χ0v) is 14.0. The smallest absolute Gasteiger partial charge is 0.227 e. The van der Waals surface area contributed by atoms with Crippen LogP contribution in [0.2, 0.25) is 0 Å². The second-order valence-electron chi connectivity index (χ2n) is 5.32. The first-order valence-electron chi connectivity index (χ1n) is 7.55. The maximum Gasteiger partial charge on any atom is 0.227 e. The minimum atomic E-state index is 0.809. The summed E-state index contributed by atoms with van der Waals surface area (Å²) in [5, 5.41) is 4.27. The molecule has 3 rings (SSSR count). The fraction of sp³-hybridized carbons (Fsp3) is 0.571. The van der Waals surface area contributed by atoms with E-state index in [4.69, 9.17) is 0 Å². The highest BCUT2D eigenvalue weighted by molar-refractivity contribution is 7.09. The molecule has 1 aliphatic heterocycles. The van der Waals surface area contributed by atoms with Gasteiger partial charge in [-0.2, -0.15) is 9.36 Å². The number of anilines is 3. The van der Waals surface area contributed by atoms with E-state index in [-0.39, 0.29) is 0 Å². The highest BCUT2D eigenvalue weighted by Gasteiger charge is 2.21. The van der Waals surface area contributed by atoms with E-state index in [1.54, 1.807) is 0 Å². The van der Waals surface area contributed by atoms with Crippen LogP contribution in [-0.2, 0) is 0 Å². The third kappa shape index (κ3) is 3.27. The molecular formula is C14H21N7S. The normalized spacial score (nSPS) is 15.2. The van der Waals surface area contributed by atoms with Crippen LogP contribution in [0.5, 0.6) is 0 Å². The molecule has 0 amide bonds.